The maximum atomic E-state index is 13.0. The van der Waals surface area contributed by atoms with E-state index in [4.69, 9.17) is 21.1 Å². The molecule has 1 atom stereocenters. The molecule has 6 nitrogen and oxygen atoms in total. The number of hydrogen-bond acceptors (Lipinski definition) is 5. The number of Topliss-reactive ketones (excluding diaryl/α,β-unsaturated/α-hetero) is 1. The first kappa shape index (κ1) is 22.8. The predicted molar refractivity (Wildman–Crippen MR) is 119 cm³/mol. The van der Waals surface area contributed by atoms with Crippen LogP contribution in [0.15, 0.2) is 54.1 Å². The molecule has 7 heteroatoms. The monoisotopic (exact) mass is 443 g/mol. The van der Waals surface area contributed by atoms with Gasteiger partial charge in [0.1, 0.15) is 11.5 Å². The number of aliphatic hydroxyl groups is 1. The standard InChI is InChI=1S/C24H26ClNO5/c1-15(2)31-19-10-5-7-16(14-19)21-20(22(27)17-8-4-9-18(25)13-17)23(28)24(29)26(21)11-6-12-30-3/h4-5,7-10,13-15,21,27H,6,11-12H2,1-3H3/b22-20-. The van der Waals surface area contributed by atoms with E-state index in [9.17, 15) is 14.7 Å². The van der Waals surface area contributed by atoms with E-state index < -0.39 is 17.7 Å². The van der Waals surface area contributed by atoms with Gasteiger partial charge in [0.05, 0.1) is 17.7 Å². The van der Waals surface area contributed by atoms with Crippen molar-refractivity contribution in [2.24, 2.45) is 0 Å². The van der Waals surface area contributed by atoms with Crippen molar-refractivity contribution in [2.75, 3.05) is 20.3 Å². The van der Waals surface area contributed by atoms with Crippen LogP contribution in [-0.2, 0) is 14.3 Å². The summed E-state index contributed by atoms with van der Waals surface area (Å²) >= 11 is 6.07. The van der Waals surface area contributed by atoms with Gasteiger partial charge in [-0.25, -0.2) is 0 Å². The van der Waals surface area contributed by atoms with Crippen LogP contribution in [0.5, 0.6) is 5.75 Å². The van der Waals surface area contributed by atoms with Crippen LogP contribution in [0, 0.1) is 0 Å². The molecule has 2 aromatic rings. The van der Waals surface area contributed by atoms with Gasteiger partial charge in [-0.2, -0.15) is 0 Å². The topological polar surface area (TPSA) is 76.1 Å². The summed E-state index contributed by atoms with van der Waals surface area (Å²) in [5, 5.41) is 11.5. The molecule has 31 heavy (non-hydrogen) atoms. The van der Waals surface area contributed by atoms with Crippen molar-refractivity contribution in [1.82, 2.24) is 4.90 Å². The van der Waals surface area contributed by atoms with Gasteiger partial charge in [0, 0.05) is 30.8 Å². The second kappa shape index (κ2) is 9.98. The lowest BCUT2D eigenvalue weighted by atomic mass is 9.95. The molecular weight excluding hydrogens is 418 g/mol. The highest BCUT2D eigenvalue weighted by molar-refractivity contribution is 6.46. The van der Waals surface area contributed by atoms with Crippen LogP contribution in [0.3, 0.4) is 0 Å². The van der Waals surface area contributed by atoms with E-state index in [1.54, 1.807) is 37.4 Å². The first-order valence-electron chi connectivity index (χ1n) is 10.1. The van der Waals surface area contributed by atoms with Gasteiger partial charge in [-0.3, -0.25) is 9.59 Å². The Balaban J connectivity index is 2.12. The average Bonchev–Trinajstić information content (AvgIpc) is 2.98. The third-order valence-corrected chi connectivity index (χ3v) is 5.17. The number of methoxy groups -OCH3 is 1. The second-order valence-electron chi connectivity index (χ2n) is 7.59. The fourth-order valence-corrected chi connectivity index (χ4v) is 3.85. The lowest BCUT2D eigenvalue weighted by Crippen LogP contribution is -2.31. The van der Waals surface area contributed by atoms with Crippen molar-refractivity contribution >= 4 is 29.1 Å². The molecule has 1 aliphatic rings. The van der Waals surface area contributed by atoms with E-state index in [2.05, 4.69) is 0 Å². The number of halogens is 1. The number of aliphatic hydroxyl groups excluding tert-OH is 1. The summed E-state index contributed by atoms with van der Waals surface area (Å²) in [6, 6.07) is 13.1. The van der Waals surface area contributed by atoms with E-state index in [-0.39, 0.29) is 17.4 Å². The second-order valence-corrected chi connectivity index (χ2v) is 8.02. The molecule has 1 saturated heterocycles. The highest BCUT2D eigenvalue weighted by atomic mass is 35.5. The number of amides is 1. The smallest absolute Gasteiger partial charge is 0.295 e. The van der Waals surface area contributed by atoms with Gasteiger partial charge in [-0.1, -0.05) is 35.9 Å². The van der Waals surface area contributed by atoms with Gasteiger partial charge in [0.2, 0.25) is 0 Å². The van der Waals surface area contributed by atoms with Crippen LogP contribution in [-0.4, -0.2) is 48.1 Å². The van der Waals surface area contributed by atoms with Crippen molar-refractivity contribution in [3.8, 4) is 5.75 Å². The minimum Gasteiger partial charge on any atom is -0.507 e. The lowest BCUT2D eigenvalue weighted by Gasteiger charge is -2.25. The fraction of sp³-hybridized carbons (Fsp3) is 0.333. The first-order valence-corrected chi connectivity index (χ1v) is 10.5. The van der Waals surface area contributed by atoms with Gasteiger partial charge in [-0.15, -0.1) is 0 Å². The van der Waals surface area contributed by atoms with Crippen LogP contribution < -0.4 is 4.74 Å². The molecule has 0 bridgehead atoms. The Morgan fingerprint density at radius 3 is 2.58 bits per heavy atom. The van der Waals surface area contributed by atoms with Crippen molar-refractivity contribution in [3.63, 3.8) is 0 Å². The van der Waals surface area contributed by atoms with Gasteiger partial charge in [0.15, 0.2) is 0 Å². The molecule has 164 valence electrons. The highest BCUT2D eigenvalue weighted by Gasteiger charge is 2.45. The number of likely N-dealkylation sites (tertiary alicyclic amines) is 1. The predicted octanol–water partition coefficient (Wildman–Crippen LogP) is 4.59. The largest absolute Gasteiger partial charge is 0.507 e. The zero-order valence-electron chi connectivity index (χ0n) is 17.8. The Morgan fingerprint density at radius 1 is 1.16 bits per heavy atom. The molecule has 2 aromatic carbocycles. The van der Waals surface area contributed by atoms with E-state index in [1.807, 2.05) is 32.0 Å². The molecule has 3 rings (SSSR count). The molecule has 1 amide bonds. The van der Waals surface area contributed by atoms with Crippen molar-refractivity contribution in [3.05, 3.63) is 70.3 Å². The maximum Gasteiger partial charge on any atom is 0.295 e. The minimum atomic E-state index is -0.744. The van der Waals surface area contributed by atoms with Gasteiger partial charge in [-0.05, 0) is 50.1 Å². The number of nitrogens with zero attached hydrogens (tertiary/aromatic N) is 1. The number of carbonyl (C=O) groups is 2. The van der Waals surface area contributed by atoms with Gasteiger partial charge in [0.25, 0.3) is 11.7 Å². The molecule has 0 radical (unpaired) electrons. The minimum absolute atomic E-state index is 0.0326. The normalized spacial score (nSPS) is 18.1. The number of ketones is 1. The Kier molecular flexibility index (Phi) is 7.36. The summed E-state index contributed by atoms with van der Waals surface area (Å²) in [7, 11) is 1.58. The highest BCUT2D eigenvalue weighted by Crippen LogP contribution is 2.40. The fourth-order valence-electron chi connectivity index (χ4n) is 3.66. The molecule has 0 aliphatic carbocycles. The zero-order valence-corrected chi connectivity index (χ0v) is 18.6. The molecule has 1 fully saturated rings. The van der Waals surface area contributed by atoms with E-state index in [0.717, 1.165) is 0 Å². The number of rotatable bonds is 8. The van der Waals surface area contributed by atoms with E-state index in [0.29, 0.717) is 41.5 Å². The summed E-state index contributed by atoms with van der Waals surface area (Å²) in [5.41, 5.74) is 1.09. The molecule has 1 N–H and O–H groups in total. The zero-order chi connectivity index (χ0) is 22.5. The first-order chi connectivity index (χ1) is 14.8. The Labute approximate surface area is 187 Å². The molecule has 1 aliphatic heterocycles. The average molecular weight is 444 g/mol. The van der Waals surface area contributed by atoms with Gasteiger partial charge >= 0.3 is 0 Å². The number of ether oxygens (including phenoxy) is 2. The third kappa shape index (κ3) is 5.09. The maximum absolute atomic E-state index is 13.0. The van der Waals surface area contributed by atoms with E-state index in [1.165, 1.54) is 4.90 Å². The Morgan fingerprint density at radius 2 is 1.90 bits per heavy atom. The third-order valence-electron chi connectivity index (χ3n) is 4.93. The summed E-state index contributed by atoms with van der Waals surface area (Å²) in [6.07, 6.45) is 0.522. The molecular formula is C24H26ClNO5. The van der Waals surface area contributed by atoms with E-state index >= 15 is 0 Å². The van der Waals surface area contributed by atoms with Crippen LogP contribution >= 0.6 is 11.6 Å². The summed E-state index contributed by atoms with van der Waals surface area (Å²) in [4.78, 5) is 27.4. The molecule has 1 unspecified atom stereocenters. The van der Waals surface area contributed by atoms with Crippen molar-refractivity contribution in [2.45, 2.75) is 32.4 Å². The van der Waals surface area contributed by atoms with Crippen LogP contribution in [0.2, 0.25) is 5.02 Å². The number of benzene rings is 2. The summed E-state index contributed by atoms with van der Waals surface area (Å²) < 4.78 is 10.9. The number of hydrogen-bond donors (Lipinski definition) is 1. The lowest BCUT2D eigenvalue weighted by molar-refractivity contribution is -0.140. The molecule has 0 spiro atoms. The number of carbonyl (C=O) groups excluding carboxylic acids is 2. The van der Waals surface area contributed by atoms with Crippen molar-refractivity contribution in [1.29, 1.82) is 0 Å². The van der Waals surface area contributed by atoms with Gasteiger partial charge < -0.3 is 19.5 Å². The quantitative estimate of drug-likeness (QED) is 0.279. The Hall–Kier alpha value is -2.83. The summed E-state index contributed by atoms with van der Waals surface area (Å²) in [5.74, 6) is -1.01. The van der Waals surface area contributed by atoms with Crippen molar-refractivity contribution < 1.29 is 24.2 Å². The molecule has 0 aromatic heterocycles. The summed E-state index contributed by atoms with van der Waals surface area (Å²) in [6.45, 7) is 4.59. The SMILES string of the molecule is COCCCN1C(=O)C(=O)/C(=C(\O)c2cccc(Cl)c2)C1c1cccc(OC(C)C)c1. The van der Waals surface area contributed by atoms with Crippen LogP contribution in [0.25, 0.3) is 5.76 Å². The van der Waals surface area contributed by atoms with Crippen LogP contribution in [0.4, 0.5) is 0 Å². The molecule has 1 heterocycles. The molecule has 0 saturated carbocycles. The Bertz CT molecular complexity index is 1000. The van der Waals surface area contributed by atoms with Crippen LogP contribution in [0.1, 0.15) is 37.4 Å².